The number of rotatable bonds is 3. The van der Waals surface area contributed by atoms with E-state index in [2.05, 4.69) is 18.3 Å². The molecular weight excluding hydrogens is 272 g/mol. The Morgan fingerprint density at radius 2 is 2.05 bits per heavy atom. The van der Waals surface area contributed by atoms with Gasteiger partial charge in [-0.2, -0.15) is 5.26 Å². The lowest BCUT2D eigenvalue weighted by molar-refractivity contribution is -0.134. The molecule has 0 radical (unpaired) electrons. The summed E-state index contributed by atoms with van der Waals surface area (Å²) in [6, 6.07) is 1.81. The predicted molar refractivity (Wildman–Crippen MR) is 81.0 cm³/mol. The second kappa shape index (κ2) is 6.89. The lowest BCUT2D eigenvalue weighted by atomic mass is 10.1. The highest BCUT2D eigenvalue weighted by Crippen LogP contribution is 2.24. The maximum Gasteiger partial charge on any atom is 0.246 e. The topological polar surface area (TPSA) is 59.4 Å². The van der Waals surface area contributed by atoms with Crippen LogP contribution in [0.3, 0.4) is 0 Å². The van der Waals surface area contributed by atoms with E-state index in [1.165, 1.54) is 0 Å². The fourth-order valence-corrected chi connectivity index (χ4v) is 3.28. The van der Waals surface area contributed by atoms with Gasteiger partial charge in [-0.05, 0) is 44.3 Å². The SMILES string of the molecule is CCCNC(=S)N1CCC[C@H]1C(=O)N1CCCC1C#N. The van der Waals surface area contributed by atoms with E-state index < -0.39 is 0 Å². The van der Waals surface area contributed by atoms with Gasteiger partial charge >= 0.3 is 0 Å². The second-order valence-corrected chi connectivity index (χ2v) is 5.79. The van der Waals surface area contributed by atoms with Crippen molar-refractivity contribution in [3.05, 3.63) is 0 Å². The molecule has 2 aliphatic heterocycles. The summed E-state index contributed by atoms with van der Waals surface area (Å²) in [6.45, 7) is 4.46. The fourth-order valence-electron chi connectivity index (χ4n) is 2.96. The number of nitriles is 1. The molecule has 2 aliphatic rings. The van der Waals surface area contributed by atoms with Crippen LogP contribution in [0.25, 0.3) is 0 Å². The first-order valence-electron chi connectivity index (χ1n) is 7.43. The molecule has 0 aliphatic carbocycles. The van der Waals surface area contributed by atoms with Gasteiger partial charge in [0, 0.05) is 19.6 Å². The molecule has 0 saturated carbocycles. The Hall–Kier alpha value is -1.35. The average Bonchev–Trinajstić information content (AvgIpc) is 3.11. The van der Waals surface area contributed by atoms with E-state index in [9.17, 15) is 4.79 Å². The molecule has 2 fully saturated rings. The van der Waals surface area contributed by atoms with Crippen LogP contribution in [0, 0.1) is 11.3 Å². The Labute approximate surface area is 125 Å². The molecule has 0 bridgehead atoms. The standard InChI is InChI=1S/C14H22N4OS/c1-2-7-16-14(20)18-9-4-6-12(18)13(19)17-8-3-5-11(17)10-15/h11-12H,2-9H2,1H3,(H,16,20)/t11?,12-/m0/s1. The number of hydrogen-bond acceptors (Lipinski definition) is 3. The van der Waals surface area contributed by atoms with E-state index in [0.29, 0.717) is 11.7 Å². The molecule has 6 heteroatoms. The molecule has 2 saturated heterocycles. The molecule has 0 aromatic carbocycles. The Morgan fingerprint density at radius 3 is 2.75 bits per heavy atom. The Bertz CT molecular complexity index is 420. The first kappa shape index (κ1) is 15.0. The number of carbonyl (C=O) groups excluding carboxylic acids is 1. The summed E-state index contributed by atoms with van der Waals surface area (Å²) in [6.07, 6.45) is 4.55. The third kappa shape index (κ3) is 3.04. The van der Waals surface area contributed by atoms with Gasteiger partial charge in [-0.3, -0.25) is 4.79 Å². The molecule has 1 N–H and O–H groups in total. The monoisotopic (exact) mass is 294 g/mol. The fraction of sp³-hybridized carbons (Fsp3) is 0.786. The minimum Gasteiger partial charge on any atom is -0.363 e. The molecule has 2 atom stereocenters. The molecule has 2 rings (SSSR count). The highest BCUT2D eigenvalue weighted by atomic mass is 32.1. The van der Waals surface area contributed by atoms with Crippen molar-refractivity contribution in [2.24, 2.45) is 0 Å². The largest absolute Gasteiger partial charge is 0.363 e. The number of thiocarbonyl (C=S) groups is 1. The van der Waals surface area contributed by atoms with Gasteiger partial charge in [0.1, 0.15) is 12.1 Å². The molecule has 20 heavy (non-hydrogen) atoms. The van der Waals surface area contributed by atoms with Gasteiger partial charge in [0.25, 0.3) is 0 Å². The highest BCUT2D eigenvalue weighted by molar-refractivity contribution is 7.80. The average molecular weight is 294 g/mol. The summed E-state index contributed by atoms with van der Waals surface area (Å²) < 4.78 is 0. The van der Waals surface area contributed by atoms with Gasteiger partial charge in [0.15, 0.2) is 5.11 Å². The third-order valence-corrected chi connectivity index (χ3v) is 4.39. The Morgan fingerprint density at radius 1 is 1.35 bits per heavy atom. The molecule has 5 nitrogen and oxygen atoms in total. The van der Waals surface area contributed by atoms with Crippen LogP contribution in [0.5, 0.6) is 0 Å². The summed E-state index contributed by atoms with van der Waals surface area (Å²) in [5, 5.41) is 13.0. The van der Waals surface area contributed by atoms with E-state index in [4.69, 9.17) is 17.5 Å². The quantitative estimate of drug-likeness (QED) is 0.794. The van der Waals surface area contributed by atoms with Crippen molar-refractivity contribution in [3.8, 4) is 6.07 Å². The van der Waals surface area contributed by atoms with Crippen molar-refractivity contribution in [1.82, 2.24) is 15.1 Å². The van der Waals surface area contributed by atoms with Gasteiger partial charge in [-0.15, -0.1) is 0 Å². The van der Waals surface area contributed by atoms with Gasteiger partial charge in [-0.1, -0.05) is 6.92 Å². The number of nitrogens with zero attached hydrogens (tertiary/aromatic N) is 3. The lowest BCUT2D eigenvalue weighted by Crippen LogP contribution is -2.51. The van der Waals surface area contributed by atoms with Gasteiger partial charge in [-0.25, -0.2) is 0 Å². The maximum atomic E-state index is 12.7. The Balaban J connectivity index is 2.01. The summed E-state index contributed by atoms with van der Waals surface area (Å²) in [5.74, 6) is 0.0761. The smallest absolute Gasteiger partial charge is 0.246 e. The number of amides is 1. The second-order valence-electron chi connectivity index (χ2n) is 5.40. The van der Waals surface area contributed by atoms with Crippen molar-refractivity contribution >= 4 is 23.2 Å². The van der Waals surface area contributed by atoms with Crippen LogP contribution in [0.15, 0.2) is 0 Å². The summed E-state index contributed by atoms with van der Waals surface area (Å²) >= 11 is 5.39. The van der Waals surface area contributed by atoms with Crippen LogP contribution in [0.1, 0.15) is 39.0 Å². The normalized spacial score (nSPS) is 25.6. The molecule has 0 aromatic rings. The van der Waals surface area contributed by atoms with E-state index in [1.807, 2.05) is 4.90 Å². The van der Waals surface area contributed by atoms with E-state index in [-0.39, 0.29) is 18.0 Å². The predicted octanol–water partition coefficient (Wildman–Crippen LogP) is 1.25. The zero-order valence-electron chi connectivity index (χ0n) is 12.0. The minimum absolute atomic E-state index is 0.0761. The number of likely N-dealkylation sites (tertiary alicyclic amines) is 2. The van der Waals surface area contributed by atoms with Crippen molar-refractivity contribution < 1.29 is 4.79 Å². The van der Waals surface area contributed by atoms with Gasteiger partial charge in [0.05, 0.1) is 6.07 Å². The van der Waals surface area contributed by atoms with Crippen molar-refractivity contribution in [1.29, 1.82) is 5.26 Å². The van der Waals surface area contributed by atoms with E-state index in [1.54, 1.807) is 4.90 Å². The summed E-state index contributed by atoms with van der Waals surface area (Å²) in [5.41, 5.74) is 0. The Kier molecular flexibility index (Phi) is 5.18. The number of nitrogens with one attached hydrogen (secondary N) is 1. The first-order valence-corrected chi connectivity index (χ1v) is 7.84. The molecule has 1 amide bonds. The molecule has 1 unspecified atom stereocenters. The summed E-state index contributed by atoms with van der Waals surface area (Å²) in [7, 11) is 0. The van der Waals surface area contributed by atoms with Crippen LogP contribution in [0.4, 0.5) is 0 Å². The molecule has 110 valence electrons. The van der Waals surface area contributed by atoms with Crippen LogP contribution < -0.4 is 5.32 Å². The van der Waals surface area contributed by atoms with Gasteiger partial charge in [0.2, 0.25) is 5.91 Å². The van der Waals surface area contributed by atoms with Gasteiger partial charge < -0.3 is 15.1 Å². The van der Waals surface area contributed by atoms with E-state index in [0.717, 1.165) is 45.2 Å². The van der Waals surface area contributed by atoms with Crippen LogP contribution in [-0.4, -0.2) is 52.5 Å². The van der Waals surface area contributed by atoms with E-state index >= 15 is 0 Å². The number of hydrogen-bond donors (Lipinski definition) is 1. The zero-order valence-corrected chi connectivity index (χ0v) is 12.8. The van der Waals surface area contributed by atoms with Crippen molar-refractivity contribution in [2.45, 2.75) is 51.1 Å². The summed E-state index contributed by atoms with van der Waals surface area (Å²) in [4.78, 5) is 16.4. The van der Waals surface area contributed by atoms with Crippen LogP contribution >= 0.6 is 12.2 Å². The highest BCUT2D eigenvalue weighted by Gasteiger charge is 2.38. The lowest BCUT2D eigenvalue weighted by Gasteiger charge is -2.31. The van der Waals surface area contributed by atoms with Crippen molar-refractivity contribution in [2.75, 3.05) is 19.6 Å². The first-order chi connectivity index (χ1) is 9.69. The zero-order chi connectivity index (χ0) is 14.5. The molecular formula is C14H22N4OS. The third-order valence-electron chi connectivity index (χ3n) is 4.01. The minimum atomic E-state index is -0.248. The molecule has 0 aromatic heterocycles. The van der Waals surface area contributed by atoms with Crippen molar-refractivity contribution in [3.63, 3.8) is 0 Å². The number of carbonyl (C=O) groups is 1. The van der Waals surface area contributed by atoms with Crippen LogP contribution in [-0.2, 0) is 4.79 Å². The molecule has 0 spiro atoms. The maximum absolute atomic E-state index is 12.7. The molecule has 2 heterocycles. The van der Waals surface area contributed by atoms with Crippen LogP contribution in [0.2, 0.25) is 0 Å².